The molecule has 0 spiro atoms. The van der Waals surface area contributed by atoms with Crippen molar-refractivity contribution in [3.8, 4) is 5.75 Å². The van der Waals surface area contributed by atoms with E-state index in [1.165, 1.54) is 0 Å². The molecule has 0 saturated heterocycles. The van der Waals surface area contributed by atoms with Gasteiger partial charge in [0, 0.05) is 35.9 Å². The molecule has 0 bridgehead atoms. The van der Waals surface area contributed by atoms with Crippen molar-refractivity contribution in [1.82, 2.24) is 10.6 Å². The molecule has 0 radical (unpaired) electrons. The first-order valence-electron chi connectivity index (χ1n) is 8.29. The Morgan fingerprint density at radius 2 is 1.62 bits per heavy atom. The SMILES string of the molecule is CN=C(NCCOc1ccccc1)NCCS(=O)Cc1ccccc1.I. The Hall–Kier alpha value is -1.61. The van der Waals surface area contributed by atoms with Crippen LogP contribution in [-0.2, 0) is 16.6 Å². The Morgan fingerprint density at radius 3 is 2.27 bits per heavy atom. The van der Waals surface area contributed by atoms with Gasteiger partial charge < -0.3 is 15.4 Å². The van der Waals surface area contributed by atoms with Crippen LogP contribution in [0.5, 0.6) is 5.75 Å². The summed E-state index contributed by atoms with van der Waals surface area (Å²) in [7, 11) is 0.825. The van der Waals surface area contributed by atoms with Gasteiger partial charge in [0.15, 0.2) is 5.96 Å². The Labute approximate surface area is 175 Å². The molecule has 7 heteroatoms. The summed E-state index contributed by atoms with van der Waals surface area (Å²) in [6.45, 7) is 1.80. The van der Waals surface area contributed by atoms with Gasteiger partial charge in [-0.1, -0.05) is 48.5 Å². The first-order chi connectivity index (χ1) is 12.3. The molecule has 0 aromatic heterocycles. The number of guanidine groups is 1. The summed E-state index contributed by atoms with van der Waals surface area (Å²) >= 11 is 0. The summed E-state index contributed by atoms with van der Waals surface area (Å²) in [5.74, 6) is 2.70. The largest absolute Gasteiger partial charge is 0.492 e. The highest BCUT2D eigenvalue weighted by Gasteiger charge is 2.03. The monoisotopic (exact) mass is 487 g/mol. The summed E-state index contributed by atoms with van der Waals surface area (Å²) in [4.78, 5) is 4.15. The topological polar surface area (TPSA) is 62.7 Å². The van der Waals surface area contributed by atoms with E-state index in [9.17, 15) is 4.21 Å². The molecule has 0 heterocycles. The average molecular weight is 487 g/mol. The number of benzene rings is 2. The molecular formula is C19H26IN3O2S. The minimum Gasteiger partial charge on any atom is -0.492 e. The van der Waals surface area contributed by atoms with E-state index < -0.39 is 10.8 Å². The van der Waals surface area contributed by atoms with Crippen LogP contribution in [0.3, 0.4) is 0 Å². The smallest absolute Gasteiger partial charge is 0.191 e. The van der Waals surface area contributed by atoms with Crippen molar-refractivity contribution in [3.05, 3.63) is 66.2 Å². The van der Waals surface area contributed by atoms with Crippen molar-refractivity contribution in [2.45, 2.75) is 5.75 Å². The lowest BCUT2D eigenvalue weighted by Gasteiger charge is -2.12. The van der Waals surface area contributed by atoms with Crippen molar-refractivity contribution in [1.29, 1.82) is 0 Å². The minimum atomic E-state index is -0.892. The van der Waals surface area contributed by atoms with Crippen LogP contribution in [0.25, 0.3) is 0 Å². The Morgan fingerprint density at radius 1 is 1.00 bits per heavy atom. The fourth-order valence-electron chi connectivity index (χ4n) is 2.19. The van der Waals surface area contributed by atoms with Gasteiger partial charge in [0.2, 0.25) is 0 Å². The van der Waals surface area contributed by atoms with Crippen LogP contribution < -0.4 is 15.4 Å². The van der Waals surface area contributed by atoms with E-state index in [1.54, 1.807) is 7.05 Å². The van der Waals surface area contributed by atoms with Crippen LogP contribution in [0.4, 0.5) is 0 Å². The molecular weight excluding hydrogens is 461 g/mol. The highest BCUT2D eigenvalue weighted by molar-refractivity contribution is 14.0. The lowest BCUT2D eigenvalue weighted by molar-refractivity contribution is 0.322. The summed E-state index contributed by atoms with van der Waals surface area (Å²) in [5, 5.41) is 6.35. The van der Waals surface area contributed by atoms with E-state index in [1.807, 2.05) is 60.7 Å². The molecule has 142 valence electrons. The molecule has 0 saturated carbocycles. The molecule has 2 aromatic carbocycles. The maximum atomic E-state index is 12.1. The van der Waals surface area contributed by atoms with Gasteiger partial charge >= 0.3 is 0 Å². The van der Waals surface area contributed by atoms with E-state index in [2.05, 4.69) is 15.6 Å². The predicted octanol–water partition coefficient (Wildman–Crippen LogP) is 2.80. The molecule has 2 N–H and O–H groups in total. The maximum absolute atomic E-state index is 12.1. The van der Waals surface area contributed by atoms with Gasteiger partial charge in [0.25, 0.3) is 0 Å². The number of ether oxygens (including phenoxy) is 1. The second kappa shape index (κ2) is 13.6. The predicted molar refractivity (Wildman–Crippen MR) is 120 cm³/mol. The number of nitrogens with one attached hydrogen (secondary N) is 2. The second-order valence-electron chi connectivity index (χ2n) is 5.36. The molecule has 2 aromatic rings. The van der Waals surface area contributed by atoms with Crippen LogP contribution in [0, 0.1) is 0 Å². The molecule has 2 rings (SSSR count). The van der Waals surface area contributed by atoms with Crippen LogP contribution in [0.15, 0.2) is 65.7 Å². The van der Waals surface area contributed by atoms with Gasteiger partial charge in [-0.15, -0.1) is 24.0 Å². The summed E-state index contributed by atoms with van der Waals surface area (Å²) < 4.78 is 17.7. The normalized spacial score (nSPS) is 12.0. The highest BCUT2D eigenvalue weighted by Crippen LogP contribution is 2.07. The van der Waals surface area contributed by atoms with Gasteiger partial charge in [0.1, 0.15) is 12.4 Å². The van der Waals surface area contributed by atoms with E-state index in [-0.39, 0.29) is 24.0 Å². The van der Waals surface area contributed by atoms with Crippen LogP contribution in [0.2, 0.25) is 0 Å². The zero-order valence-electron chi connectivity index (χ0n) is 14.9. The Balaban J connectivity index is 0.00000338. The zero-order valence-corrected chi connectivity index (χ0v) is 18.0. The van der Waals surface area contributed by atoms with Crippen LogP contribution in [-0.4, -0.2) is 42.7 Å². The molecule has 5 nitrogen and oxygen atoms in total. The first-order valence-corrected chi connectivity index (χ1v) is 9.78. The number of rotatable bonds is 9. The molecule has 1 atom stereocenters. The lowest BCUT2D eigenvalue weighted by atomic mass is 10.2. The number of para-hydroxylation sites is 1. The summed E-state index contributed by atoms with van der Waals surface area (Å²) in [6, 6.07) is 19.6. The van der Waals surface area contributed by atoms with E-state index >= 15 is 0 Å². The van der Waals surface area contributed by atoms with Gasteiger partial charge in [-0.2, -0.15) is 0 Å². The fraction of sp³-hybridized carbons (Fsp3) is 0.316. The van der Waals surface area contributed by atoms with Gasteiger partial charge in [-0.25, -0.2) is 0 Å². The van der Waals surface area contributed by atoms with E-state index in [0.29, 0.717) is 37.2 Å². The minimum absolute atomic E-state index is 0. The molecule has 0 amide bonds. The third-order valence-corrected chi connectivity index (χ3v) is 4.74. The second-order valence-corrected chi connectivity index (χ2v) is 6.94. The van der Waals surface area contributed by atoms with Crippen molar-refractivity contribution in [2.24, 2.45) is 4.99 Å². The summed E-state index contributed by atoms with van der Waals surface area (Å²) in [6.07, 6.45) is 0. The number of hydrogen-bond acceptors (Lipinski definition) is 3. The van der Waals surface area contributed by atoms with Crippen molar-refractivity contribution < 1.29 is 8.95 Å². The fourth-order valence-corrected chi connectivity index (χ4v) is 3.23. The summed E-state index contributed by atoms with van der Waals surface area (Å²) in [5.41, 5.74) is 1.10. The standard InChI is InChI=1S/C19H25N3O2S.HI/c1-20-19(21-12-14-24-18-10-6-3-7-11-18)22-13-15-25(23)16-17-8-4-2-5-9-17;/h2-11H,12-16H2,1H3,(H2,20,21,22);1H. The van der Waals surface area contributed by atoms with Gasteiger partial charge in [-0.05, 0) is 17.7 Å². The van der Waals surface area contributed by atoms with Crippen LogP contribution >= 0.6 is 24.0 Å². The third kappa shape index (κ3) is 9.19. The Bertz CT molecular complexity index is 669. The first kappa shape index (κ1) is 22.4. The van der Waals surface area contributed by atoms with Gasteiger partial charge in [0.05, 0.1) is 6.54 Å². The van der Waals surface area contributed by atoms with E-state index in [0.717, 1.165) is 11.3 Å². The third-order valence-electron chi connectivity index (χ3n) is 3.42. The van der Waals surface area contributed by atoms with Crippen molar-refractivity contribution in [2.75, 3.05) is 32.5 Å². The zero-order chi connectivity index (χ0) is 17.7. The van der Waals surface area contributed by atoms with Crippen LogP contribution in [0.1, 0.15) is 5.56 Å². The van der Waals surface area contributed by atoms with Crippen molar-refractivity contribution >= 4 is 40.7 Å². The quantitative estimate of drug-likeness (QED) is 0.247. The number of hydrogen-bond donors (Lipinski definition) is 2. The molecule has 1 unspecified atom stereocenters. The molecule has 0 aliphatic rings. The highest BCUT2D eigenvalue weighted by atomic mass is 127. The number of halogens is 1. The Kier molecular flexibility index (Phi) is 11.7. The van der Waals surface area contributed by atoms with Gasteiger partial charge in [-0.3, -0.25) is 9.20 Å². The molecule has 26 heavy (non-hydrogen) atoms. The molecule has 0 aliphatic carbocycles. The molecule has 0 aliphatic heterocycles. The van der Waals surface area contributed by atoms with Crippen molar-refractivity contribution in [3.63, 3.8) is 0 Å². The molecule has 0 fully saturated rings. The number of nitrogens with zero attached hydrogens (tertiary/aromatic N) is 1. The lowest BCUT2D eigenvalue weighted by Crippen LogP contribution is -2.40. The maximum Gasteiger partial charge on any atom is 0.191 e. The average Bonchev–Trinajstić information content (AvgIpc) is 2.65. The van der Waals surface area contributed by atoms with E-state index in [4.69, 9.17) is 4.74 Å². The number of aliphatic imine (C=N–C) groups is 1.